The maximum absolute atomic E-state index is 13.4. The fraction of sp³-hybridized carbons (Fsp3) is 0.467. The molecule has 0 spiro atoms. The summed E-state index contributed by atoms with van der Waals surface area (Å²) >= 11 is 6.01. The van der Waals surface area contributed by atoms with Crippen LogP contribution in [-0.4, -0.2) is 42.9 Å². The second-order valence-corrected chi connectivity index (χ2v) is 6.38. The molecule has 0 radical (unpaired) electrons. The van der Waals surface area contributed by atoms with E-state index in [-0.39, 0.29) is 42.6 Å². The zero-order valence-electron chi connectivity index (χ0n) is 13.4. The minimum atomic E-state index is -2.75. The van der Waals surface area contributed by atoms with E-state index in [9.17, 15) is 18.7 Å². The molecule has 1 fully saturated rings. The first kappa shape index (κ1) is 17.5. The van der Waals surface area contributed by atoms with Crippen LogP contribution in [0.25, 0.3) is 5.95 Å². The van der Waals surface area contributed by atoms with Gasteiger partial charge in [0.1, 0.15) is 11.0 Å². The van der Waals surface area contributed by atoms with Gasteiger partial charge in [0, 0.05) is 31.1 Å². The van der Waals surface area contributed by atoms with Gasteiger partial charge in [-0.2, -0.15) is 15.1 Å². The van der Waals surface area contributed by atoms with Crippen LogP contribution in [0.15, 0.2) is 18.3 Å². The van der Waals surface area contributed by atoms with Crippen molar-refractivity contribution < 1.29 is 18.7 Å². The molecule has 1 aliphatic carbocycles. The molecule has 0 atom stereocenters. The number of hydrogen-bond donors (Lipinski definition) is 1. The Balaban J connectivity index is 1.94. The van der Waals surface area contributed by atoms with E-state index in [4.69, 9.17) is 11.6 Å². The number of aryl methyl sites for hydroxylation is 1. The van der Waals surface area contributed by atoms with Crippen molar-refractivity contribution in [2.45, 2.75) is 44.6 Å². The van der Waals surface area contributed by atoms with Crippen molar-refractivity contribution in [1.82, 2.24) is 19.7 Å². The minimum absolute atomic E-state index is 0.0422. The van der Waals surface area contributed by atoms with Gasteiger partial charge in [0.25, 0.3) is 5.95 Å². The van der Waals surface area contributed by atoms with Gasteiger partial charge in [-0.3, -0.25) is 4.90 Å². The van der Waals surface area contributed by atoms with Crippen molar-refractivity contribution in [3.8, 4) is 5.95 Å². The van der Waals surface area contributed by atoms with Crippen molar-refractivity contribution in [2.75, 3.05) is 4.90 Å². The summed E-state index contributed by atoms with van der Waals surface area (Å²) in [6.45, 7) is 1.79. The molecule has 7 nitrogen and oxygen atoms in total. The largest absolute Gasteiger partial charge is 0.465 e. The van der Waals surface area contributed by atoms with Gasteiger partial charge in [0.15, 0.2) is 0 Å². The van der Waals surface area contributed by atoms with Gasteiger partial charge in [-0.1, -0.05) is 11.6 Å². The number of amides is 1. The Morgan fingerprint density at radius 2 is 2.08 bits per heavy atom. The third-order valence-corrected chi connectivity index (χ3v) is 4.30. The number of rotatable bonds is 3. The van der Waals surface area contributed by atoms with Gasteiger partial charge in [0.05, 0.1) is 5.69 Å². The van der Waals surface area contributed by atoms with Crippen LogP contribution >= 0.6 is 11.6 Å². The molecule has 134 valence electrons. The molecule has 0 aromatic carbocycles. The first-order chi connectivity index (χ1) is 11.7. The van der Waals surface area contributed by atoms with Crippen LogP contribution in [0.3, 0.4) is 0 Å². The average molecular weight is 372 g/mol. The predicted molar refractivity (Wildman–Crippen MR) is 86.6 cm³/mol. The molecule has 1 amide bonds. The van der Waals surface area contributed by atoms with E-state index in [1.54, 1.807) is 19.2 Å². The summed E-state index contributed by atoms with van der Waals surface area (Å²) in [5, 5.41) is 13.8. The molecular formula is C15H16ClF2N5O2. The maximum atomic E-state index is 13.4. The van der Waals surface area contributed by atoms with E-state index in [1.165, 1.54) is 10.7 Å². The van der Waals surface area contributed by atoms with Crippen LogP contribution in [-0.2, 0) is 0 Å². The first-order valence-electron chi connectivity index (χ1n) is 7.72. The molecule has 0 aliphatic heterocycles. The third kappa shape index (κ3) is 3.87. The van der Waals surface area contributed by atoms with Crippen LogP contribution in [0.2, 0.25) is 5.15 Å². The molecule has 0 saturated heterocycles. The Morgan fingerprint density at radius 1 is 1.40 bits per heavy atom. The van der Waals surface area contributed by atoms with E-state index < -0.39 is 18.1 Å². The van der Waals surface area contributed by atoms with Crippen molar-refractivity contribution >= 4 is 23.5 Å². The lowest BCUT2D eigenvalue weighted by atomic mass is 9.91. The number of aromatic nitrogens is 4. The van der Waals surface area contributed by atoms with Gasteiger partial charge in [-0.25, -0.2) is 18.3 Å². The highest BCUT2D eigenvalue weighted by molar-refractivity contribution is 6.29. The van der Waals surface area contributed by atoms with Crippen molar-refractivity contribution in [1.29, 1.82) is 0 Å². The standard InChI is InChI=1S/C15H16ClF2N5O2/c1-9-4-7-22(21-9)13-19-11(16)8-12(20-13)23(14(24)25)10-2-5-15(17,18)6-3-10/h4,7-8,10H,2-3,5-6H2,1H3,(H,24,25). The zero-order chi connectivity index (χ0) is 18.2. The third-order valence-electron chi connectivity index (χ3n) is 4.10. The molecule has 1 N–H and O–H groups in total. The second-order valence-electron chi connectivity index (χ2n) is 5.99. The highest BCUT2D eigenvalue weighted by Crippen LogP contribution is 2.36. The van der Waals surface area contributed by atoms with Gasteiger partial charge in [0.2, 0.25) is 5.92 Å². The predicted octanol–water partition coefficient (Wildman–Crippen LogP) is 3.69. The quantitative estimate of drug-likeness (QED) is 0.832. The van der Waals surface area contributed by atoms with Crippen molar-refractivity contribution in [3.63, 3.8) is 0 Å². The molecule has 2 aromatic rings. The van der Waals surface area contributed by atoms with Crippen molar-refractivity contribution in [3.05, 3.63) is 29.2 Å². The normalized spacial score (nSPS) is 17.4. The SMILES string of the molecule is Cc1ccn(-c2nc(Cl)cc(N(C(=O)O)C3CCC(F)(F)CC3)n2)n1. The summed E-state index contributed by atoms with van der Waals surface area (Å²) in [5.41, 5.74) is 0.731. The Kier molecular flexibility index (Phi) is 4.59. The first-order valence-corrected chi connectivity index (χ1v) is 8.10. The van der Waals surface area contributed by atoms with Crippen LogP contribution in [0, 0.1) is 6.92 Å². The molecule has 2 aromatic heterocycles. The monoisotopic (exact) mass is 371 g/mol. The smallest absolute Gasteiger partial charge is 0.413 e. The molecule has 1 aliphatic rings. The number of halogens is 3. The van der Waals surface area contributed by atoms with Crippen LogP contribution in [0.1, 0.15) is 31.4 Å². The minimum Gasteiger partial charge on any atom is -0.465 e. The Bertz CT molecular complexity index is 788. The molecule has 1 saturated carbocycles. The van der Waals surface area contributed by atoms with E-state index >= 15 is 0 Å². The molecular weight excluding hydrogens is 356 g/mol. The molecule has 0 unspecified atom stereocenters. The summed E-state index contributed by atoms with van der Waals surface area (Å²) in [6.07, 6.45) is -0.255. The van der Waals surface area contributed by atoms with E-state index in [2.05, 4.69) is 15.1 Å². The average Bonchev–Trinajstić information content (AvgIpc) is 2.95. The van der Waals surface area contributed by atoms with Crippen molar-refractivity contribution in [2.24, 2.45) is 0 Å². The van der Waals surface area contributed by atoms with E-state index in [0.29, 0.717) is 0 Å². The zero-order valence-corrected chi connectivity index (χ0v) is 14.1. The Labute approximate surface area is 147 Å². The molecule has 25 heavy (non-hydrogen) atoms. The fourth-order valence-electron chi connectivity index (χ4n) is 2.87. The lowest BCUT2D eigenvalue weighted by molar-refractivity contribution is -0.0379. The summed E-state index contributed by atoms with van der Waals surface area (Å²) in [7, 11) is 0. The van der Waals surface area contributed by atoms with Gasteiger partial charge < -0.3 is 5.11 Å². The topological polar surface area (TPSA) is 84.1 Å². The van der Waals surface area contributed by atoms with Gasteiger partial charge >= 0.3 is 6.09 Å². The summed E-state index contributed by atoms with van der Waals surface area (Å²) in [6, 6.07) is 2.46. The number of anilines is 1. The summed E-state index contributed by atoms with van der Waals surface area (Å²) < 4.78 is 28.1. The maximum Gasteiger partial charge on any atom is 0.413 e. The van der Waals surface area contributed by atoms with Gasteiger partial charge in [-0.15, -0.1) is 0 Å². The highest BCUT2D eigenvalue weighted by atomic mass is 35.5. The summed E-state index contributed by atoms with van der Waals surface area (Å²) in [4.78, 5) is 21.0. The summed E-state index contributed by atoms with van der Waals surface area (Å²) in [5.74, 6) is -2.59. The lowest BCUT2D eigenvalue weighted by Crippen LogP contribution is -2.44. The number of carbonyl (C=O) groups is 1. The number of carboxylic acid groups (broad SMARTS) is 1. The molecule has 10 heteroatoms. The number of hydrogen-bond acceptors (Lipinski definition) is 4. The van der Waals surface area contributed by atoms with Gasteiger partial charge in [-0.05, 0) is 25.8 Å². The Morgan fingerprint density at radius 3 is 2.64 bits per heavy atom. The van der Waals surface area contributed by atoms with E-state index in [0.717, 1.165) is 10.6 Å². The van der Waals surface area contributed by atoms with Crippen LogP contribution in [0.4, 0.5) is 19.4 Å². The molecule has 2 heterocycles. The number of alkyl halides is 2. The highest BCUT2D eigenvalue weighted by Gasteiger charge is 2.39. The second kappa shape index (κ2) is 6.55. The van der Waals surface area contributed by atoms with Crippen LogP contribution in [0.5, 0.6) is 0 Å². The fourth-order valence-corrected chi connectivity index (χ4v) is 3.04. The van der Waals surface area contributed by atoms with E-state index in [1.807, 2.05) is 0 Å². The molecule has 3 rings (SSSR count). The molecule has 0 bridgehead atoms. The lowest BCUT2D eigenvalue weighted by Gasteiger charge is -2.34. The Hall–Kier alpha value is -2.29. The van der Waals surface area contributed by atoms with Crippen LogP contribution < -0.4 is 4.90 Å². The number of nitrogens with zero attached hydrogens (tertiary/aromatic N) is 5.